The van der Waals surface area contributed by atoms with Crippen molar-refractivity contribution in [2.45, 2.75) is 50.5 Å². The molecule has 1 aliphatic rings. The Morgan fingerprint density at radius 1 is 1.14 bits per heavy atom. The number of nitrogens with two attached hydrogens (primary N) is 1. The van der Waals surface area contributed by atoms with Gasteiger partial charge in [0.15, 0.2) is 5.82 Å². The Balaban J connectivity index is 1.94. The zero-order valence-corrected chi connectivity index (χ0v) is 8.32. The van der Waals surface area contributed by atoms with E-state index in [2.05, 4.69) is 20.6 Å². The minimum Gasteiger partial charge on any atom is -0.328 e. The van der Waals surface area contributed by atoms with Crippen molar-refractivity contribution in [1.29, 1.82) is 0 Å². The van der Waals surface area contributed by atoms with Gasteiger partial charge in [0.1, 0.15) is 0 Å². The van der Waals surface area contributed by atoms with Crippen molar-refractivity contribution in [3.63, 3.8) is 0 Å². The van der Waals surface area contributed by atoms with Crippen LogP contribution in [-0.2, 0) is 0 Å². The molecule has 0 atom stereocenters. The predicted octanol–water partition coefficient (Wildman–Crippen LogP) is 0.965. The SMILES string of the molecule is NC1CCCC(c2nn[nH]n2)CCC1. The van der Waals surface area contributed by atoms with Crippen molar-refractivity contribution in [2.24, 2.45) is 5.73 Å². The van der Waals surface area contributed by atoms with Crippen molar-refractivity contribution in [2.75, 3.05) is 0 Å². The van der Waals surface area contributed by atoms with E-state index in [4.69, 9.17) is 5.73 Å². The minimum absolute atomic E-state index is 0.404. The van der Waals surface area contributed by atoms with Gasteiger partial charge in [0.2, 0.25) is 0 Å². The molecule has 3 N–H and O–H groups in total. The van der Waals surface area contributed by atoms with Crippen LogP contribution in [0.4, 0.5) is 0 Å². The van der Waals surface area contributed by atoms with Crippen LogP contribution in [0.25, 0.3) is 0 Å². The lowest BCUT2D eigenvalue weighted by Gasteiger charge is -2.19. The molecule has 0 unspecified atom stereocenters. The maximum absolute atomic E-state index is 5.92. The second-order valence-electron chi connectivity index (χ2n) is 4.09. The summed E-state index contributed by atoms with van der Waals surface area (Å²) >= 11 is 0. The molecule has 1 aromatic rings. The molecule has 5 nitrogen and oxygen atoms in total. The van der Waals surface area contributed by atoms with Crippen LogP contribution >= 0.6 is 0 Å². The van der Waals surface area contributed by atoms with Crippen molar-refractivity contribution >= 4 is 0 Å². The van der Waals surface area contributed by atoms with Crippen LogP contribution < -0.4 is 5.73 Å². The second-order valence-corrected chi connectivity index (χ2v) is 4.09. The number of nitrogens with one attached hydrogen (secondary N) is 1. The molecular formula is C9H17N5. The molecule has 1 fully saturated rings. The monoisotopic (exact) mass is 195 g/mol. The lowest BCUT2D eigenvalue weighted by Crippen LogP contribution is -2.22. The van der Waals surface area contributed by atoms with E-state index >= 15 is 0 Å². The number of tetrazole rings is 1. The highest BCUT2D eigenvalue weighted by atomic mass is 15.5. The Morgan fingerprint density at radius 3 is 2.43 bits per heavy atom. The number of hydrogen-bond donors (Lipinski definition) is 2. The van der Waals surface area contributed by atoms with Gasteiger partial charge in [-0.1, -0.05) is 18.1 Å². The molecule has 1 aromatic heterocycles. The standard InChI is InChI=1S/C9H17N5/c10-8-5-1-3-7(4-2-6-8)9-11-13-14-12-9/h7-8H,1-6,10H2,(H,11,12,13,14). The number of nitrogens with zero attached hydrogens (tertiary/aromatic N) is 3. The molecule has 0 aromatic carbocycles. The molecule has 1 heterocycles. The molecule has 5 heteroatoms. The van der Waals surface area contributed by atoms with Crippen LogP contribution in [0, 0.1) is 0 Å². The van der Waals surface area contributed by atoms with Crippen molar-refractivity contribution in [3.8, 4) is 0 Å². The molecule has 0 amide bonds. The van der Waals surface area contributed by atoms with Crippen molar-refractivity contribution < 1.29 is 0 Å². The second kappa shape index (κ2) is 4.50. The third-order valence-electron chi connectivity index (χ3n) is 2.98. The summed E-state index contributed by atoms with van der Waals surface area (Å²) in [5.41, 5.74) is 5.92. The topological polar surface area (TPSA) is 80.5 Å². The van der Waals surface area contributed by atoms with E-state index in [-0.39, 0.29) is 0 Å². The zero-order chi connectivity index (χ0) is 9.80. The third kappa shape index (κ3) is 2.29. The van der Waals surface area contributed by atoms with Gasteiger partial charge >= 0.3 is 0 Å². The first-order valence-electron chi connectivity index (χ1n) is 5.35. The first-order chi connectivity index (χ1) is 6.86. The molecule has 0 bridgehead atoms. The van der Waals surface area contributed by atoms with E-state index in [1.54, 1.807) is 0 Å². The molecular weight excluding hydrogens is 178 g/mol. The fourth-order valence-corrected chi connectivity index (χ4v) is 2.14. The van der Waals surface area contributed by atoms with Gasteiger partial charge < -0.3 is 5.73 Å². The summed E-state index contributed by atoms with van der Waals surface area (Å²) in [5, 5.41) is 14.2. The van der Waals surface area contributed by atoms with Crippen LogP contribution in [0.3, 0.4) is 0 Å². The maximum Gasteiger partial charge on any atom is 0.177 e. The van der Waals surface area contributed by atoms with Gasteiger partial charge in [0.25, 0.3) is 0 Å². The summed E-state index contributed by atoms with van der Waals surface area (Å²) in [6, 6.07) is 0.404. The third-order valence-corrected chi connectivity index (χ3v) is 2.98. The van der Waals surface area contributed by atoms with Gasteiger partial charge in [0, 0.05) is 12.0 Å². The molecule has 78 valence electrons. The molecule has 14 heavy (non-hydrogen) atoms. The highest BCUT2D eigenvalue weighted by Crippen LogP contribution is 2.27. The summed E-state index contributed by atoms with van der Waals surface area (Å²) < 4.78 is 0. The van der Waals surface area contributed by atoms with Gasteiger partial charge in [0.05, 0.1) is 0 Å². The Hall–Kier alpha value is -0.970. The summed E-state index contributed by atoms with van der Waals surface area (Å²) in [5.74, 6) is 1.36. The summed E-state index contributed by atoms with van der Waals surface area (Å²) in [6.07, 6.45) is 6.92. The Kier molecular flexibility index (Phi) is 3.08. The summed E-state index contributed by atoms with van der Waals surface area (Å²) in [6.45, 7) is 0. The molecule has 1 saturated carbocycles. The first-order valence-corrected chi connectivity index (χ1v) is 5.35. The van der Waals surface area contributed by atoms with Crippen LogP contribution in [0.1, 0.15) is 50.3 Å². The number of aromatic amines is 1. The minimum atomic E-state index is 0.404. The Morgan fingerprint density at radius 2 is 1.86 bits per heavy atom. The summed E-state index contributed by atoms with van der Waals surface area (Å²) in [7, 11) is 0. The molecule has 0 radical (unpaired) electrons. The largest absolute Gasteiger partial charge is 0.328 e. The van der Waals surface area contributed by atoms with Gasteiger partial charge in [-0.15, -0.1) is 10.2 Å². The number of H-pyrrole nitrogens is 1. The first kappa shape index (κ1) is 9.58. The van der Waals surface area contributed by atoms with Gasteiger partial charge in [-0.3, -0.25) is 0 Å². The highest BCUT2D eigenvalue weighted by molar-refractivity contribution is 4.91. The van der Waals surface area contributed by atoms with E-state index in [9.17, 15) is 0 Å². The molecule has 2 rings (SSSR count). The van der Waals surface area contributed by atoms with Crippen molar-refractivity contribution in [1.82, 2.24) is 20.6 Å². The quantitative estimate of drug-likeness (QED) is 0.699. The van der Waals surface area contributed by atoms with E-state index < -0.39 is 0 Å². The Bertz CT molecular complexity index is 248. The molecule has 0 saturated heterocycles. The van der Waals surface area contributed by atoms with E-state index in [0.717, 1.165) is 31.5 Å². The van der Waals surface area contributed by atoms with Gasteiger partial charge in [-0.2, -0.15) is 5.21 Å². The average molecular weight is 195 g/mol. The molecule has 1 aliphatic carbocycles. The van der Waals surface area contributed by atoms with Crippen LogP contribution in [0.15, 0.2) is 0 Å². The zero-order valence-electron chi connectivity index (χ0n) is 8.32. The van der Waals surface area contributed by atoms with E-state index in [1.165, 1.54) is 12.8 Å². The normalized spacial score (nSPS) is 29.5. The number of rotatable bonds is 1. The highest BCUT2D eigenvalue weighted by Gasteiger charge is 2.19. The lowest BCUT2D eigenvalue weighted by atomic mass is 9.89. The molecule has 0 aliphatic heterocycles. The molecule has 0 spiro atoms. The average Bonchev–Trinajstić information content (AvgIpc) is 2.63. The Labute approximate surface area is 83.5 Å². The number of hydrogen-bond acceptors (Lipinski definition) is 4. The van der Waals surface area contributed by atoms with E-state index in [1.807, 2.05) is 0 Å². The van der Waals surface area contributed by atoms with Gasteiger partial charge in [-0.05, 0) is 25.7 Å². The van der Waals surface area contributed by atoms with Crippen molar-refractivity contribution in [3.05, 3.63) is 5.82 Å². The fraction of sp³-hybridized carbons (Fsp3) is 0.889. The van der Waals surface area contributed by atoms with E-state index in [0.29, 0.717) is 12.0 Å². The van der Waals surface area contributed by atoms with Gasteiger partial charge in [-0.25, -0.2) is 0 Å². The summed E-state index contributed by atoms with van der Waals surface area (Å²) in [4.78, 5) is 0. The fourth-order valence-electron chi connectivity index (χ4n) is 2.14. The lowest BCUT2D eigenvalue weighted by molar-refractivity contribution is 0.409. The smallest absolute Gasteiger partial charge is 0.177 e. The van der Waals surface area contributed by atoms with Crippen LogP contribution in [-0.4, -0.2) is 26.7 Å². The van der Waals surface area contributed by atoms with Crippen LogP contribution in [0.5, 0.6) is 0 Å². The van der Waals surface area contributed by atoms with Crippen LogP contribution in [0.2, 0.25) is 0 Å². The number of aromatic nitrogens is 4. The predicted molar refractivity (Wildman–Crippen MR) is 52.6 cm³/mol. The maximum atomic E-state index is 5.92.